The minimum absolute atomic E-state index is 0. The Kier molecular flexibility index (Phi) is 20.8. The number of quaternary nitrogens is 4. The van der Waals surface area contributed by atoms with Gasteiger partial charge in [-0.05, 0) is 159 Å². The number of benzene rings is 6. The van der Waals surface area contributed by atoms with Crippen LogP contribution in [0.15, 0.2) is 380 Å². The van der Waals surface area contributed by atoms with E-state index in [1.807, 2.05) is 24.8 Å². The average Bonchev–Trinajstić information content (AvgIpc) is 1.62. The molecule has 10 aliphatic rings. The van der Waals surface area contributed by atoms with E-state index in [-0.39, 0.29) is 59.4 Å². The number of allylic oxidation sites excluding steroid dienone is 24. The number of aromatic nitrogens is 2. The number of aryl methyl sites for hydroxylation is 6. The van der Waals surface area contributed by atoms with Crippen LogP contribution in [-0.4, -0.2) is 32.8 Å². The Labute approximate surface area is 652 Å². The third kappa shape index (κ3) is 14.3. The van der Waals surface area contributed by atoms with Crippen LogP contribution in [-0.2, 0) is 59.4 Å². The van der Waals surface area contributed by atoms with Gasteiger partial charge < -0.3 is 0 Å². The second kappa shape index (κ2) is 30.6. The molecule has 0 atom stereocenters. The molecule has 8 N–H and O–H groups in total. The Morgan fingerprint density at radius 2 is 0.400 bits per heavy atom. The Morgan fingerprint density at radius 1 is 0.210 bits per heavy atom. The first kappa shape index (κ1) is 71.4. The van der Waals surface area contributed by atoms with Crippen molar-refractivity contribution in [1.29, 1.82) is 0 Å². The van der Waals surface area contributed by atoms with Gasteiger partial charge in [-0.1, -0.05) is 179 Å². The van der Waals surface area contributed by atoms with Crippen molar-refractivity contribution in [2.45, 2.75) is 41.5 Å². The fourth-order valence-corrected chi connectivity index (χ4v) is 14.6. The molecular formula is C92H74N10PdZn2+10. The van der Waals surface area contributed by atoms with Crippen LogP contribution in [0.2, 0.25) is 0 Å². The van der Waals surface area contributed by atoms with Crippen LogP contribution >= 0.6 is 0 Å². The van der Waals surface area contributed by atoms with Gasteiger partial charge in [0.05, 0.1) is 90.2 Å². The van der Waals surface area contributed by atoms with Crippen LogP contribution in [0.25, 0.3) is 44.6 Å². The monoisotopic (exact) mass is 1550 g/mol. The summed E-state index contributed by atoms with van der Waals surface area (Å²) in [5, 5.41) is 9.19. The molecule has 10 aliphatic heterocycles. The summed E-state index contributed by atoms with van der Waals surface area (Å²) in [4.78, 5) is 30.4. The van der Waals surface area contributed by atoms with Crippen LogP contribution in [0.3, 0.4) is 0 Å². The first-order valence-electron chi connectivity index (χ1n) is 34.8. The first-order valence-corrected chi connectivity index (χ1v) is 34.8. The minimum atomic E-state index is 0. The van der Waals surface area contributed by atoms with Gasteiger partial charge in [-0.3, -0.25) is 31.2 Å². The van der Waals surface area contributed by atoms with E-state index in [4.69, 9.17) is 20.0 Å². The summed E-state index contributed by atoms with van der Waals surface area (Å²) in [6.45, 7) is 12.8. The summed E-state index contributed by atoms with van der Waals surface area (Å²) in [5.41, 5.74) is 41.5. The van der Waals surface area contributed by atoms with Gasteiger partial charge in [0.15, 0.2) is 0 Å². The van der Waals surface area contributed by atoms with Crippen LogP contribution in [0.1, 0.15) is 77.9 Å². The van der Waals surface area contributed by atoms with E-state index in [1.165, 1.54) is 33.4 Å². The molecule has 0 radical (unpaired) electrons. The molecule has 12 heterocycles. The smallest absolute Gasteiger partial charge is 0.280 e. The number of pyridine rings is 2. The molecule has 6 aromatic carbocycles. The van der Waals surface area contributed by atoms with E-state index in [1.54, 1.807) is 0 Å². The Morgan fingerprint density at radius 3 is 0.610 bits per heavy atom. The molecule has 0 amide bonds. The molecular weight excluding hydrogens is 1480 g/mol. The predicted molar refractivity (Wildman–Crippen MR) is 416 cm³/mol. The molecule has 13 heteroatoms. The molecule has 0 aliphatic carbocycles. The first-order chi connectivity index (χ1) is 50.0. The molecule has 10 nitrogen and oxygen atoms in total. The Hall–Kier alpha value is -10.6. The topological polar surface area (TPSA) is 142 Å². The summed E-state index contributed by atoms with van der Waals surface area (Å²) in [5.74, 6) is 0. The van der Waals surface area contributed by atoms with Crippen LogP contribution in [0.5, 0.6) is 0 Å². The van der Waals surface area contributed by atoms with Crippen molar-refractivity contribution in [2.24, 2.45) is 20.0 Å². The number of nitrogens with two attached hydrogens (primary N) is 4. The number of hydrogen-bond acceptors (Lipinski definition) is 6. The molecule has 0 spiro atoms. The Balaban J connectivity index is 0.000000172. The standard InChI is InChI=1S/2C46H35N5.Pd.2Zn/c2*1-28-4-10-31(11-5-28)43-35-16-18-37(48-35)44(32-12-6-29(2)7-13-32)39-20-22-41(50-39)46(34-24-26-47-27-25-34)42-23-21-40(51-42)45(38-19-17-36(43)49-38)33-14-8-30(3)9-15-33;;;/h2*4-27,48,51H,1-3H3;;;/q;;3*+2/p+4. The zero-order valence-electron chi connectivity index (χ0n) is 59.4. The van der Waals surface area contributed by atoms with Gasteiger partial charge in [-0.25, -0.2) is 20.0 Å². The summed E-state index contributed by atoms with van der Waals surface area (Å²) in [7, 11) is 0. The second-order valence-electron chi connectivity index (χ2n) is 27.1. The maximum Gasteiger partial charge on any atom is 2.00 e. The van der Waals surface area contributed by atoms with Crippen molar-refractivity contribution in [1.82, 2.24) is 9.97 Å². The number of hydrogen-bond donors (Lipinski definition) is 4. The van der Waals surface area contributed by atoms with Gasteiger partial charge in [-0.2, -0.15) is 0 Å². The van der Waals surface area contributed by atoms with Crippen LogP contribution in [0.4, 0.5) is 0 Å². The van der Waals surface area contributed by atoms with Crippen molar-refractivity contribution in [3.8, 4) is 0 Å². The third-order valence-corrected chi connectivity index (χ3v) is 19.9. The van der Waals surface area contributed by atoms with E-state index < -0.39 is 0 Å². The van der Waals surface area contributed by atoms with E-state index in [0.717, 1.165) is 180 Å². The summed E-state index contributed by atoms with van der Waals surface area (Å²) in [6, 6.07) is 60.9. The fourth-order valence-electron chi connectivity index (χ4n) is 14.6. The SMILES string of the molecule is Cc1ccc(C2=C3C=CC(=N3)C(c3ccc(C)cc3)=C3C=CC(=C(c4ccc(C)cc4)C4=NC(=C(c5ccncc5)C5=CC=C2[NH2+]5)C=C4)[NH2+]3)cc1.Cc1ccc(C2=C3C=CC(=N3)C(c3ccc(C)cc3)=C3C=CC(=C(c4ccc(C)cc4)C4=NC(=C(c5ccncc5)C5=CC=C2[NH2+]5)C=C4)[NH2+]3)cc1.[Pd+2].[Zn+2].[Zn+2]. The third-order valence-electron chi connectivity index (χ3n) is 19.9. The van der Waals surface area contributed by atoms with Gasteiger partial charge in [0.2, 0.25) is 0 Å². The average molecular weight is 1560 g/mol. The molecule has 2 aromatic heterocycles. The van der Waals surface area contributed by atoms with E-state index in [2.05, 4.69) is 340 Å². The molecule has 0 fully saturated rings. The van der Waals surface area contributed by atoms with Gasteiger partial charge in [0, 0.05) is 73.4 Å². The van der Waals surface area contributed by atoms with Crippen molar-refractivity contribution in [2.75, 3.05) is 0 Å². The van der Waals surface area contributed by atoms with Crippen LogP contribution < -0.4 is 21.3 Å². The zero-order valence-corrected chi connectivity index (χ0v) is 66.9. The number of fused-ring (bicyclic) bond motifs is 12. The van der Waals surface area contributed by atoms with Crippen molar-refractivity contribution < 1.29 is 80.6 Å². The second-order valence-corrected chi connectivity index (χ2v) is 27.1. The predicted octanol–water partition coefficient (Wildman–Crippen LogP) is 14.9. The molecule has 105 heavy (non-hydrogen) atoms. The van der Waals surface area contributed by atoms with E-state index >= 15 is 0 Å². The molecule has 18 rings (SSSR count). The van der Waals surface area contributed by atoms with E-state index in [0.29, 0.717) is 0 Å². The maximum atomic E-state index is 5.43. The van der Waals surface area contributed by atoms with Crippen molar-refractivity contribution in [3.05, 3.63) is 438 Å². The summed E-state index contributed by atoms with van der Waals surface area (Å²) >= 11 is 0. The quantitative estimate of drug-likeness (QED) is 0.112. The van der Waals surface area contributed by atoms with Crippen molar-refractivity contribution in [3.63, 3.8) is 0 Å². The molecule has 0 saturated heterocycles. The van der Waals surface area contributed by atoms with Gasteiger partial charge >= 0.3 is 59.4 Å². The normalized spacial score (nSPS) is 17.4. The minimum Gasteiger partial charge on any atom is -0.280 e. The van der Waals surface area contributed by atoms with Crippen LogP contribution in [0, 0.1) is 41.5 Å². The molecule has 8 aromatic rings. The van der Waals surface area contributed by atoms with E-state index in [9.17, 15) is 0 Å². The van der Waals surface area contributed by atoms with Gasteiger partial charge in [-0.15, -0.1) is 0 Å². The molecule has 0 unspecified atom stereocenters. The molecule has 496 valence electrons. The summed E-state index contributed by atoms with van der Waals surface area (Å²) < 4.78 is 0. The number of nitrogens with zero attached hydrogens (tertiary/aromatic N) is 6. The summed E-state index contributed by atoms with van der Waals surface area (Å²) in [6.07, 6.45) is 42.6. The number of rotatable bonds is 8. The molecule has 0 saturated carbocycles. The zero-order chi connectivity index (χ0) is 69.0. The van der Waals surface area contributed by atoms with Gasteiger partial charge in [0.1, 0.15) is 45.6 Å². The van der Waals surface area contributed by atoms with Gasteiger partial charge in [0.25, 0.3) is 0 Å². The molecule has 16 bridgehead atoms. The maximum absolute atomic E-state index is 5.43. The number of aliphatic imine (C=N–C) groups is 4. The van der Waals surface area contributed by atoms with Crippen molar-refractivity contribution >= 4 is 67.4 Å². The largest absolute Gasteiger partial charge is 2.00 e. The fraction of sp³-hybridized carbons (Fsp3) is 0.0652. The Bertz CT molecular complexity index is 5320.